The van der Waals surface area contributed by atoms with E-state index in [1.54, 1.807) is 19.2 Å². The van der Waals surface area contributed by atoms with E-state index in [1.807, 2.05) is 11.8 Å². The van der Waals surface area contributed by atoms with E-state index in [1.165, 1.54) is 6.07 Å². The Morgan fingerprint density at radius 3 is 2.92 bits per heavy atom. The van der Waals surface area contributed by atoms with Gasteiger partial charge in [-0.2, -0.15) is 0 Å². The summed E-state index contributed by atoms with van der Waals surface area (Å²) >= 11 is 0. The highest BCUT2D eigenvalue weighted by Crippen LogP contribution is 2.32. The molecule has 1 aromatic carbocycles. The van der Waals surface area contributed by atoms with E-state index in [-0.39, 0.29) is 17.6 Å². The summed E-state index contributed by atoms with van der Waals surface area (Å²) in [5, 5.41) is 14.2. The fourth-order valence-electron chi connectivity index (χ4n) is 3.09. The Balaban J connectivity index is 2.23. The third-order valence-corrected chi connectivity index (χ3v) is 4.23. The van der Waals surface area contributed by atoms with Gasteiger partial charge in [-0.3, -0.25) is 14.9 Å². The number of amides is 1. The van der Waals surface area contributed by atoms with Crippen molar-refractivity contribution in [2.45, 2.75) is 32.7 Å². The number of nitrogens with one attached hydrogen (secondary N) is 1. The van der Waals surface area contributed by atoms with Crippen LogP contribution in [-0.4, -0.2) is 43.7 Å². The third kappa shape index (κ3) is 4.44. The molecule has 2 unspecified atom stereocenters. The Hall–Kier alpha value is -2.15. The number of rotatable bonds is 6. The molecule has 1 aromatic rings. The molecule has 1 aliphatic rings. The Kier molecular flexibility index (Phi) is 6.14. The van der Waals surface area contributed by atoms with Crippen molar-refractivity contribution < 1.29 is 14.5 Å². The molecule has 2 atom stereocenters. The van der Waals surface area contributed by atoms with Crippen LogP contribution in [0.15, 0.2) is 18.2 Å². The molecule has 1 saturated heterocycles. The smallest absolute Gasteiger partial charge is 0.293 e. The lowest BCUT2D eigenvalue weighted by atomic mass is 9.99. The van der Waals surface area contributed by atoms with E-state index in [0.717, 1.165) is 25.9 Å². The van der Waals surface area contributed by atoms with Crippen molar-refractivity contribution in [1.29, 1.82) is 0 Å². The number of nitro groups is 1. The fourth-order valence-corrected chi connectivity index (χ4v) is 3.09. The zero-order valence-electron chi connectivity index (χ0n) is 14.4. The van der Waals surface area contributed by atoms with Crippen LogP contribution >= 0.6 is 0 Å². The molecule has 0 saturated carbocycles. The maximum atomic E-state index is 12.2. The number of nitro benzene ring substituents is 1. The SMILES string of the molecule is COCC(C)NC(=O)c1ccc(N2CCCC(C)C2)c([N+](=O)[O-])c1. The number of piperidine rings is 1. The van der Waals surface area contributed by atoms with Crippen molar-refractivity contribution in [3.63, 3.8) is 0 Å². The highest BCUT2D eigenvalue weighted by atomic mass is 16.6. The average Bonchev–Trinajstić information content (AvgIpc) is 2.54. The van der Waals surface area contributed by atoms with Gasteiger partial charge in [0.25, 0.3) is 11.6 Å². The first-order valence-electron chi connectivity index (χ1n) is 8.25. The van der Waals surface area contributed by atoms with Gasteiger partial charge in [-0.05, 0) is 37.8 Å². The molecule has 0 bridgehead atoms. The second-order valence-corrected chi connectivity index (χ2v) is 6.48. The molecule has 0 radical (unpaired) electrons. The summed E-state index contributed by atoms with van der Waals surface area (Å²) in [5.41, 5.74) is 0.864. The van der Waals surface area contributed by atoms with Crippen LogP contribution in [-0.2, 0) is 4.74 Å². The van der Waals surface area contributed by atoms with Gasteiger partial charge in [0.2, 0.25) is 0 Å². The second-order valence-electron chi connectivity index (χ2n) is 6.48. The van der Waals surface area contributed by atoms with Crippen molar-refractivity contribution in [3.8, 4) is 0 Å². The monoisotopic (exact) mass is 335 g/mol. The number of methoxy groups -OCH3 is 1. The molecular formula is C17H25N3O4. The molecule has 1 heterocycles. The normalized spacial score (nSPS) is 19.0. The largest absolute Gasteiger partial charge is 0.383 e. The Morgan fingerprint density at radius 2 is 2.29 bits per heavy atom. The summed E-state index contributed by atoms with van der Waals surface area (Å²) in [4.78, 5) is 25.3. The van der Waals surface area contributed by atoms with Gasteiger partial charge >= 0.3 is 0 Å². The summed E-state index contributed by atoms with van der Waals surface area (Å²) in [7, 11) is 1.56. The molecule has 24 heavy (non-hydrogen) atoms. The van der Waals surface area contributed by atoms with E-state index in [4.69, 9.17) is 4.74 Å². The van der Waals surface area contributed by atoms with Crippen LogP contribution in [0.2, 0.25) is 0 Å². The van der Waals surface area contributed by atoms with Crippen LogP contribution in [0, 0.1) is 16.0 Å². The summed E-state index contributed by atoms with van der Waals surface area (Å²) in [5.74, 6) is 0.178. The van der Waals surface area contributed by atoms with Gasteiger partial charge in [0.05, 0.1) is 11.5 Å². The number of carbonyl (C=O) groups excluding carboxylic acids is 1. The number of anilines is 1. The lowest BCUT2D eigenvalue weighted by Gasteiger charge is -2.32. The number of hydrogen-bond acceptors (Lipinski definition) is 5. The molecule has 1 amide bonds. The lowest BCUT2D eigenvalue weighted by molar-refractivity contribution is -0.384. The van der Waals surface area contributed by atoms with E-state index in [2.05, 4.69) is 12.2 Å². The quantitative estimate of drug-likeness (QED) is 0.638. The van der Waals surface area contributed by atoms with Crippen molar-refractivity contribution in [2.24, 2.45) is 5.92 Å². The Labute approximate surface area is 142 Å². The number of benzene rings is 1. The summed E-state index contributed by atoms with van der Waals surface area (Å²) in [6, 6.07) is 4.54. The minimum absolute atomic E-state index is 0.0175. The zero-order valence-corrected chi connectivity index (χ0v) is 14.4. The van der Waals surface area contributed by atoms with Crippen LogP contribution in [0.1, 0.15) is 37.0 Å². The van der Waals surface area contributed by atoms with Crippen LogP contribution in [0.4, 0.5) is 11.4 Å². The molecule has 1 fully saturated rings. The number of nitrogens with zero attached hydrogens (tertiary/aromatic N) is 2. The Bertz CT molecular complexity index is 605. The number of ether oxygens (including phenoxy) is 1. The van der Waals surface area contributed by atoms with Crippen molar-refractivity contribution in [1.82, 2.24) is 5.32 Å². The van der Waals surface area contributed by atoms with Crippen LogP contribution < -0.4 is 10.2 Å². The molecular weight excluding hydrogens is 310 g/mol. The fraction of sp³-hybridized carbons (Fsp3) is 0.588. The molecule has 0 aromatic heterocycles. The van der Waals surface area contributed by atoms with Crippen LogP contribution in [0.3, 0.4) is 0 Å². The van der Waals surface area contributed by atoms with Gasteiger partial charge in [0, 0.05) is 37.9 Å². The predicted octanol–water partition coefficient (Wildman–Crippen LogP) is 2.60. The molecule has 0 spiro atoms. The van der Waals surface area contributed by atoms with Gasteiger partial charge in [0.1, 0.15) is 5.69 Å². The summed E-state index contributed by atoms with van der Waals surface area (Å²) in [6.07, 6.45) is 2.16. The van der Waals surface area contributed by atoms with Crippen LogP contribution in [0.25, 0.3) is 0 Å². The average molecular weight is 335 g/mol. The predicted molar refractivity (Wildman–Crippen MR) is 92.5 cm³/mol. The molecule has 132 valence electrons. The highest BCUT2D eigenvalue weighted by molar-refractivity contribution is 5.96. The maximum Gasteiger partial charge on any atom is 0.293 e. The Morgan fingerprint density at radius 1 is 1.54 bits per heavy atom. The van der Waals surface area contributed by atoms with Gasteiger partial charge in [-0.25, -0.2) is 0 Å². The van der Waals surface area contributed by atoms with Gasteiger partial charge in [0.15, 0.2) is 0 Å². The lowest BCUT2D eigenvalue weighted by Crippen LogP contribution is -2.36. The van der Waals surface area contributed by atoms with E-state index in [9.17, 15) is 14.9 Å². The van der Waals surface area contributed by atoms with E-state index in [0.29, 0.717) is 23.8 Å². The van der Waals surface area contributed by atoms with E-state index < -0.39 is 4.92 Å². The molecule has 0 aliphatic carbocycles. The maximum absolute atomic E-state index is 12.2. The summed E-state index contributed by atoms with van der Waals surface area (Å²) < 4.78 is 4.98. The topological polar surface area (TPSA) is 84.7 Å². The minimum atomic E-state index is -0.413. The van der Waals surface area contributed by atoms with E-state index >= 15 is 0 Å². The number of carbonyl (C=O) groups is 1. The summed E-state index contributed by atoms with van der Waals surface area (Å²) in [6.45, 7) is 5.97. The first kappa shape index (κ1) is 18.2. The third-order valence-electron chi connectivity index (χ3n) is 4.23. The molecule has 1 aliphatic heterocycles. The molecule has 7 nitrogen and oxygen atoms in total. The van der Waals surface area contributed by atoms with Crippen molar-refractivity contribution in [2.75, 3.05) is 31.7 Å². The molecule has 7 heteroatoms. The van der Waals surface area contributed by atoms with Crippen molar-refractivity contribution >= 4 is 17.3 Å². The number of hydrogen-bond donors (Lipinski definition) is 1. The van der Waals surface area contributed by atoms with Gasteiger partial charge in [-0.15, -0.1) is 0 Å². The standard InChI is InChI=1S/C17H25N3O4/c1-12-5-4-8-19(10-12)15-7-6-14(9-16(15)20(22)23)17(21)18-13(2)11-24-3/h6-7,9,12-13H,4-5,8,10-11H2,1-3H3,(H,18,21). The zero-order chi connectivity index (χ0) is 17.7. The second kappa shape index (κ2) is 8.10. The first-order valence-corrected chi connectivity index (χ1v) is 8.25. The minimum Gasteiger partial charge on any atom is -0.383 e. The highest BCUT2D eigenvalue weighted by Gasteiger charge is 2.25. The van der Waals surface area contributed by atoms with Crippen LogP contribution in [0.5, 0.6) is 0 Å². The molecule has 1 N–H and O–H groups in total. The van der Waals surface area contributed by atoms with Gasteiger partial charge < -0.3 is 15.0 Å². The van der Waals surface area contributed by atoms with Crippen molar-refractivity contribution in [3.05, 3.63) is 33.9 Å². The van der Waals surface area contributed by atoms with Gasteiger partial charge in [-0.1, -0.05) is 6.92 Å². The molecule has 2 rings (SSSR count). The first-order chi connectivity index (χ1) is 11.4.